The fourth-order valence-electron chi connectivity index (χ4n) is 1.52. The van der Waals surface area contributed by atoms with Gasteiger partial charge in [-0.15, -0.1) is 0 Å². The van der Waals surface area contributed by atoms with Crippen molar-refractivity contribution in [3.63, 3.8) is 0 Å². The third-order valence-electron chi connectivity index (χ3n) is 2.40. The van der Waals surface area contributed by atoms with Crippen molar-refractivity contribution in [2.75, 3.05) is 4.72 Å². The molecule has 0 radical (unpaired) electrons. The SMILES string of the molecule is Cn1nccc1S(=O)(=O)Nc1ccc(F)cc1C#N. The minimum atomic E-state index is -3.87. The maximum Gasteiger partial charge on any atom is 0.279 e. The second kappa shape index (κ2) is 4.70. The molecule has 0 amide bonds. The van der Waals surface area contributed by atoms with E-state index in [1.54, 1.807) is 6.07 Å². The molecule has 0 bridgehead atoms. The molecule has 0 aliphatic heterocycles. The van der Waals surface area contributed by atoms with Gasteiger partial charge in [-0.3, -0.25) is 9.40 Å². The van der Waals surface area contributed by atoms with Crippen molar-refractivity contribution in [3.8, 4) is 6.07 Å². The number of nitrogens with one attached hydrogen (secondary N) is 1. The predicted molar refractivity (Wildman–Crippen MR) is 65.1 cm³/mol. The molecule has 1 N–H and O–H groups in total. The fourth-order valence-corrected chi connectivity index (χ4v) is 2.73. The van der Waals surface area contributed by atoms with Gasteiger partial charge in [0.25, 0.3) is 10.0 Å². The van der Waals surface area contributed by atoms with Crippen molar-refractivity contribution < 1.29 is 12.8 Å². The lowest BCUT2D eigenvalue weighted by atomic mass is 10.2. The molecular weight excluding hydrogens is 271 g/mol. The number of aryl methyl sites for hydroxylation is 1. The summed E-state index contributed by atoms with van der Waals surface area (Å²) in [5.41, 5.74) is -0.0733. The monoisotopic (exact) mass is 280 g/mol. The Morgan fingerprint density at radius 1 is 1.42 bits per heavy atom. The first-order valence-electron chi connectivity index (χ1n) is 5.14. The van der Waals surface area contributed by atoms with Gasteiger partial charge in [0.1, 0.15) is 11.9 Å². The molecule has 0 aliphatic rings. The molecule has 0 aliphatic carbocycles. The van der Waals surface area contributed by atoms with Gasteiger partial charge in [0, 0.05) is 7.05 Å². The van der Waals surface area contributed by atoms with Gasteiger partial charge >= 0.3 is 0 Å². The molecule has 1 aromatic carbocycles. The molecule has 0 spiro atoms. The number of rotatable bonds is 3. The van der Waals surface area contributed by atoms with E-state index in [0.717, 1.165) is 12.1 Å². The third kappa shape index (κ3) is 2.56. The van der Waals surface area contributed by atoms with Crippen LogP contribution in [0.3, 0.4) is 0 Å². The van der Waals surface area contributed by atoms with E-state index in [-0.39, 0.29) is 16.3 Å². The van der Waals surface area contributed by atoms with E-state index in [4.69, 9.17) is 5.26 Å². The molecule has 0 fully saturated rings. The third-order valence-corrected chi connectivity index (χ3v) is 3.84. The molecule has 0 unspecified atom stereocenters. The van der Waals surface area contributed by atoms with Crippen LogP contribution in [-0.4, -0.2) is 18.2 Å². The quantitative estimate of drug-likeness (QED) is 0.916. The number of anilines is 1. The number of benzene rings is 1. The standard InChI is InChI=1S/C11H9FN4O2S/c1-16-11(4-5-14-16)19(17,18)15-10-3-2-9(12)6-8(10)7-13/h2-6,15H,1H3. The Morgan fingerprint density at radius 2 is 2.16 bits per heavy atom. The van der Waals surface area contributed by atoms with Crippen LogP contribution in [0.2, 0.25) is 0 Å². The molecule has 19 heavy (non-hydrogen) atoms. The fraction of sp³-hybridized carbons (Fsp3) is 0.0909. The average Bonchev–Trinajstić information content (AvgIpc) is 2.78. The Morgan fingerprint density at radius 3 is 2.74 bits per heavy atom. The second-order valence-electron chi connectivity index (χ2n) is 3.70. The molecule has 2 rings (SSSR count). The van der Waals surface area contributed by atoms with Crippen LogP contribution in [0.5, 0.6) is 0 Å². The van der Waals surface area contributed by atoms with E-state index < -0.39 is 15.8 Å². The molecule has 1 heterocycles. The summed E-state index contributed by atoms with van der Waals surface area (Å²) < 4.78 is 40.5. The van der Waals surface area contributed by atoms with Crippen molar-refractivity contribution in [2.24, 2.45) is 7.05 Å². The molecule has 98 valence electrons. The summed E-state index contributed by atoms with van der Waals surface area (Å²) >= 11 is 0. The summed E-state index contributed by atoms with van der Waals surface area (Å²) in [5, 5.41) is 12.6. The van der Waals surface area contributed by atoms with Crippen LogP contribution in [0.25, 0.3) is 0 Å². The number of sulfonamides is 1. The maximum atomic E-state index is 13.0. The first-order valence-corrected chi connectivity index (χ1v) is 6.63. The molecule has 8 heteroatoms. The van der Waals surface area contributed by atoms with Crippen molar-refractivity contribution >= 4 is 15.7 Å². The van der Waals surface area contributed by atoms with Crippen LogP contribution in [0.4, 0.5) is 10.1 Å². The van der Waals surface area contributed by atoms with E-state index in [2.05, 4.69) is 9.82 Å². The first kappa shape index (κ1) is 13.0. The lowest BCUT2D eigenvalue weighted by Crippen LogP contribution is -2.17. The number of hydrogen-bond donors (Lipinski definition) is 1. The van der Waals surface area contributed by atoms with Crippen LogP contribution >= 0.6 is 0 Å². The van der Waals surface area contributed by atoms with Gasteiger partial charge in [-0.25, -0.2) is 4.39 Å². The number of aromatic nitrogens is 2. The van der Waals surface area contributed by atoms with Crippen LogP contribution < -0.4 is 4.72 Å². The highest BCUT2D eigenvalue weighted by Crippen LogP contribution is 2.20. The van der Waals surface area contributed by atoms with E-state index in [0.29, 0.717) is 0 Å². The van der Waals surface area contributed by atoms with Gasteiger partial charge in [-0.05, 0) is 24.3 Å². The Kier molecular flexibility index (Phi) is 3.23. The molecular formula is C11H9FN4O2S. The van der Waals surface area contributed by atoms with Crippen molar-refractivity contribution in [1.82, 2.24) is 9.78 Å². The van der Waals surface area contributed by atoms with Gasteiger partial charge in [0.2, 0.25) is 0 Å². The van der Waals surface area contributed by atoms with Crippen LogP contribution in [0.1, 0.15) is 5.56 Å². The van der Waals surface area contributed by atoms with Crippen molar-refractivity contribution in [1.29, 1.82) is 5.26 Å². The van der Waals surface area contributed by atoms with Gasteiger partial charge < -0.3 is 0 Å². The van der Waals surface area contributed by atoms with E-state index >= 15 is 0 Å². The highest BCUT2D eigenvalue weighted by molar-refractivity contribution is 7.92. The normalized spacial score (nSPS) is 11.0. The van der Waals surface area contributed by atoms with E-state index in [9.17, 15) is 12.8 Å². The lowest BCUT2D eigenvalue weighted by molar-refractivity contribution is 0.582. The zero-order valence-electron chi connectivity index (χ0n) is 9.83. The van der Waals surface area contributed by atoms with Crippen LogP contribution in [-0.2, 0) is 17.1 Å². The molecule has 1 aromatic heterocycles. The largest absolute Gasteiger partial charge is 0.279 e. The molecule has 0 saturated carbocycles. The summed E-state index contributed by atoms with van der Waals surface area (Å²) in [5.74, 6) is -0.611. The maximum absolute atomic E-state index is 13.0. The van der Waals surface area contributed by atoms with Gasteiger partial charge in [-0.2, -0.15) is 18.8 Å². The van der Waals surface area contributed by atoms with E-state index in [1.807, 2.05) is 0 Å². The average molecular weight is 280 g/mol. The smallest absolute Gasteiger partial charge is 0.277 e. The first-order chi connectivity index (χ1) is 8.94. The van der Waals surface area contributed by atoms with E-state index in [1.165, 1.54) is 30.1 Å². The summed E-state index contributed by atoms with van der Waals surface area (Å²) in [7, 11) is -2.39. The molecule has 6 nitrogen and oxygen atoms in total. The highest BCUT2D eigenvalue weighted by Gasteiger charge is 2.19. The summed E-state index contributed by atoms with van der Waals surface area (Å²) in [4.78, 5) is 0. The van der Waals surface area contributed by atoms with Crippen LogP contribution in [0.15, 0.2) is 35.5 Å². The van der Waals surface area contributed by atoms with Crippen molar-refractivity contribution in [3.05, 3.63) is 41.8 Å². The summed E-state index contributed by atoms with van der Waals surface area (Å²) in [6.45, 7) is 0. The van der Waals surface area contributed by atoms with Gasteiger partial charge in [0.05, 0.1) is 17.4 Å². The van der Waals surface area contributed by atoms with Gasteiger partial charge in [-0.1, -0.05) is 0 Å². The Labute approximate surface area is 109 Å². The van der Waals surface area contributed by atoms with Gasteiger partial charge in [0.15, 0.2) is 5.03 Å². The zero-order valence-corrected chi connectivity index (χ0v) is 10.6. The number of nitrogens with zero attached hydrogens (tertiary/aromatic N) is 3. The number of hydrogen-bond acceptors (Lipinski definition) is 4. The number of nitriles is 1. The van der Waals surface area contributed by atoms with Crippen LogP contribution in [0, 0.1) is 17.1 Å². The Bertz CT molecular complexity index is 761. The zero-order chi connectivity index (χ0) is 14.0. The topological polar surface area (TPSA) is 87.8 Å². The number of halogens is 1. The van der Waals surface area contributed by atoms with Crippen molar-refractivity contribution in [2.45, 2.75) is 5.03 Å². The Balaban J connectivity index is 2.42. The molecule has 2 aromatic rings. The predicted octanol–water partition coefficient (Wildman–Crippen LogP) is 1.23. The molecule has 0 saturated heterocycles. The summed E-state index contributed by atoms with van der Waals surface area (Å²) in [6, 6.07) is 6.27. The Hall–Kier alpha value is -2.40. The minimum Gasteiger partial charge on any atom is -0.277 e. The lowest BCUT2D eigenvalue weighted by Gasteiger charge is -2.09. The highest BCUT2D eigenvalue weighted by atomic mass is 32.2. The second-order valence-corrected chi connectivity index (χ2v) is 5.33. The summed E-state index contributed by atoms with van der Waals surface area (Å²) in [6.07, 6.45) is 1.34. The minimum absolute atomic E-state index is 0.0186. The molecule has 0 atom stereocenters.